The van der Waals surface area contributed by atoms with Crippen LogP contribution in [0.2, 0.25) is 0 Å². The van der Waals surface area contributed by atoms with Crippen molar-refractivity contribution >= 4 is 17.9 Å². The summed E-state index contributed by atoms with van der Waals surface area (Å²) in [5, 5.41) is 0. The average molecular weight is 234 g/mol. The SMILES string of the molecule is COc1ccc(/C=C/C(=O)NNC(C)=O)cc1. The van der Waals surface area contributed by atoms with E-state index < -0.39 is 5.91 Å². The van der Waals surface area contributed by atoms with Gasteiger partial charge in [-0.25, -0.2) is 0 Å². The molecule has 90 valence electrons. The predicted octanol–water partition coefficient (Wildman–Crippen LogP) is 0.876. The zero-order valence-electron chi connectivity index (χ0n) is 9.69. The van der Waals surface area contributed by atoms with Crippen LogP contribution in [0.15, 0.2) is 30.3 Å². The van der Waals surface area contributed by atoms with Gasteiger partial charge in [-0.2, -0.15) is 0 Å². The van der Waals surface area contributed by atoms with Crippen molar-refractivity contribution in [2.45, 2.75) is 6.92 Å². The predicted molar refractivity (Wildman–Crippen MR) is 64.0 cm³/mol. The summed E-state index contributed by atoms with van der Waals surface area (Å²) < 4.78 is 5.01. The molecule has 0 bridgehead atoms. The first kappa shape index (κ1) is 12.8. The number of benzene rings is 1. The van der Waals surface area contributed by atoms with Crippen molar-refractivity contribution in [3.8, 4) is 5.75 Å². The van der Waals surface area contributed by atoms with Crippen molar-refractivity contribution in [2.75, 3.05) is 7.11 Å². The quantitative estimate of drug-likeness (QED) is 0.602. The van der Waals surface area contributed by atoms with E-state index >= 15 is 0 Å². The molecule has 0 spiro atoms. The lowest BCUT2D eigenvalue weighted by Crippen LogP contribution is -2.39. The second kappa shape index (κ2) is 6.32. The highest BCUT2D eigenvalue weighted by atomic mass is 16.5. The molecule has 5 nitrogen and oxygen atoms in total. The minimum absolute atomic E-state index is 0.323. The fourth-order valence-corrected chi connectivity index (χ4v) is 1.08. The lowest BCUT2D eigenvalue weighted by molar-refractivity contribution is -0.125. The maximum atomic E-state index is 11.2. The summed E-state index contributed by atoms with van der Waals surface area (Å²) in [4.78, 5) is 21.7. The van der Waals surface area contributed by atoms with Gasteiger partial charge >= 0.3 is 0 Å². The third-order valence-corrected chi connectivity index (χ3v) is 1.90. The van der Waals surface area contributed by atoms with Crippen molar-refractivity contribution in [3.05, 3.63) is 35.9 Å². The van der Waals surface area contributed by atoms with Crippen LogP contribution in [0.5, 0.6) is 5.75 Å². The number of nitrogens with one attached hydrogen (secondary N) is 2. The summed E-state index contributed by atoms with van der Waals surface area (Å²) in [5.74, 6) is 0.0389. The number of carbonyl (C=O) groups is 2. The molecule has 0 saturated heterocycles. The van der Waals surface area contributed by atoms with Crippen LogP contribution in [0.4, 0.5) is 0 Å². The third-order valence-electron chi connectivity index (χ3n) is 1.90. The zero-order valence-corrected chi connectivity index (χ0v) is 9.69. The summed E-state index contributed by atoms with van der Waals surface area (Å²) in [7, 11) is 1.59. The summed E-state index contributed by atoms with van der Waals surface area (Å²) in [6.45, 7) is 1.31. The number of rotatable bonds is 3. The van der Waals surface area contributed by atoms with E-state index in [1.54, 1.807) is 25.3 Å². The van der Waals surface area contributed by atoms with Crippen molar-refractivity contribution in [1.82, 2.24) is 10.9 Å². The fourth-order valence-electron chi connectivity index (χ4n) is 1.08. The Hall–Kier alpha value is -2.30. The molecule has 1 rings (SSSR count). The van der Waals surface area contributed by atoms with Gasteiger partial charge in [0.1, 0.15) is 5.75 Å². The maximum Gasteiger partial charge on any atom is 0.262 e. The van der Waals surface area contributed by atoms with E-state index in [0.717, 1.165) is 11.3 Å². The summed E-state index contributed by atoms with van der Waals surface area (Å²) in [6.07, 6.45) is 2.97. The number of carbonyl (C=O) groups excluding carboxylic acids is 2. The number of methoxy groups -OCH3 is 1. The summed E-state index contributed by atoms with van der Waals surface area (Å²) in [6, 6.07) is 7.23. The van der Waals surface area contributed by atoms with Crippen molar-refractivity contribution < 1.29 is 14.3 Å². The minimum atomic E-state index is -0.393. The Bertz CT molecular complexity index is 424. The molecule has 0 aliphatic rings. The van der Waals surface area contributed by atoms with Crippen LogP contribution < -0.4 is 15.6 Å². The third kappa shape index (κ3) is 4.83. The first-order chi connectivity index (χ1) is 8.11. The molecule has 0 unspecified atom stereocenters. The molecule has 0 atom stereocenters. The lowest BCUT2D eigenvalue weighted by Gasteiger charge is -2.01. The smallest absolute Gasteiger partial charge is 0.262 e. The highest BCUT2D eigenvalue weighted by molar-refractivity contribution is 5.92. The molecule has 0 aliphatic carbocycles. The van der Waals surface area contributed by atoms with Gasteiger partial charge in [0, 0.05) is 13.0 Å². The second-order valence-corrected chi connectivity index (χ2v) is 3.28. The molecule has 17 heavy (non-hydrogen) atoms. The highest BCUT2D eigenvalue weighted by Crippen LogP contribution is 2.11. The van der Waals surface area contributed by atoms with E-state index in [-0.39, 0.29) is 5.91 Å². The Morgan fingerprint density at radius 1 is 1.18 bits per heavy atom. The molecule has 5 heteroatoms. The largest absolute Gasteiger partial charge is 0.497 e. The number of ether oxygens (including phenoxy) is 1. The number of hydrogen-bond donors (Lipinski definition) is 2. The van der Waals surface area contributed by atoms with E-state index in [0.29, 0.717) is 0 Å². The summed E-state index contributed by atoms with van der Waals surface area (Å²) in [5.41, 5.74) is 5.28. The Morgan fingerprint density at radius 3 is 2.35 bits per heavy atom. The lowest BCUT2D eigenvalue weighted by atomic mass is 10.2. The van der Waals surface area contributed by atoms with Gasteiger partial charge in [0.05, 0.1) is 7.11 Å². The molecule has 0 aliphatic heterocycles. The Labute approximate surface area is 99.4 Å². The van der Waals surface area contributed by atoms with Crippen molar-refractivity contribution in [1.29, 1.82) is 0 Å². The monoisotopic (exact) mass is 234 g/mol. The average Bonchev–Trinajstić information content (AvgIpc) is 2.34. The fraction of sp³-hybridized carbons (Fsp3) is 0.167. The standard InChI is InChI=1S/C12H14N2O3/c1-9(15)13-14-12(16)8-5-10-3-6-11(17-2)7-4-10/h3-8H,1-2H3,(H,13,15)(H,14,16)/b8-5+. The van der Waals surface area contributed by atoms with Crippen molar-refractivity contribution in [3.63, 3.8) is 0 Å². The molecule has 1 aromatic carbocycles. The van der Waals surface area contributed by atoms with Gasteiger partial charge in [0.15, 0.2) is 0 Å². The molecule has 0 heterocycles. The van der Waals surface area contributed by atoms with Gasteiger partial charge < -0.3 is 4.74 Å². The highest BCUT2D eigenvalue weighted by Gasteiger charge is 1.95. The Balaban J connectivity index is 2.51. The molecular formula is C12H14N2O3. The van der Waals surface area contributed by atoms with Crippen LogP contribution in [-0.2, 0) is 9.59 Å². The molecule has 0 radical (unpaired) electrons. The van der Waals surface area contributed by atoms with E-state index in [1.165, 1.54) is 13.0 Å². The molecule has 0 fully saturated rings. The van der Waals surface area contributed by atoms with Crippen LogP contribution in [0.25, 0.3) is 6.08 Å². The Morgan fingerprint density at radius 2 is 1.82 bits per heavy atom. The molecule has 1 aromatic rings. The van der Waals surface area contributed by atoms with Gasteiger partial charge in [-0.05, 0) is 23.8 Å². The number of hydrogen-bond acceptors (Lipinski definition) is 3. The molecule has 2 amide bonds. The van der Waals surface area contributed by atoms with E-state index in [2.05, 4.69) is 10.9 Å². The van der Waals surface area contributed by atoms with Crippen LogP contribution in [-0.4, -0.2) is 18.9 Å². The maximum absolute atomic E-state index is 11.2. The molecule has 2 N–H and O–H groups in total. The van der Waals surface area contributed by atoms with Gasteiger partial charge in [-0.3, -0.25) is 20.4 Å². The van der Waals surface area contributed by atoms with Crippen LogP contribution >= 0.6 is 0 Å². The van der Waals surface area contributed by atoms with Crippen LogP contribution in [0.3, 0.4) is 0 Å². The van der Waals surface area contributed by atoms with Gasteiger partial charge in [-0.15, -0.1) is 0 Å². The van der Waals surface area contributed by atoms with E-state index in [1.807, 2.05) is 12.1 Å². The van der Waals surface area contributed by atoms with Crippen LogP contribution in [0, 0.1) is 0 Å². The summed E-state index contributed by atoms with van der Waals surface area (Å²) >= 11 is 0. The molecule has 0 saturated carbocycles. The first-order valence-electron chi connectivity index (χ1n) is 5.00. The number of amides is 2. The van der Waals surface area contributed by atoms with E-state index in [9.17, 15) is 9.59 Å². The van der Waals surface area contributed by atoms with E-state index in [4.69, 9.17) is 4.74 Å². The molecule has 0 aromatic heterocycles. The normalized spacial score (nSPS) is 10.0. The van der Waals surface area contributed by atoms with Gasteiger partial charge in [0.2, 0.25) is 5.91 Å². The number of hydrazine groups is 1. The minimum Gasteiger partial charge on any atom is -0.497 e. The van der Waals surface area contributed by atoms with Crippen LogP contribution in [0.1, 0.15) is 12.5 Å². The van der Waals surface area contributed by atoms with Crippen molar-refractivity contribution in [2.24, 2.45) is 0 Å². The Kier molecular flexibility index (Phi) is 4.75. The zero-order chi connectivity index (χ0) is 12.7. The molecular weight excluding hydrogens is 220 g/mol. The second-order valence-electron chi connectivity index (χ2n) is 3.28. The van der Waals surface area contributed by atoms with Gasteiger partial charge in [-0.1, -0.05) is 12.1 Å². The van der Waals surface area contributed by atoms with Gasteiger partial charge in [0.25, 0.3) is 5.91 Å². The first-order valence-corrected chi connectivity index (χ1v) is 5.00. The topological polar surface area (TPSA) is 67.4 Å².